The van der Waals surface area contributed by atoms with Crippen LogP contribution in [0, 0.1) is 0 Å². The molecule has 0 fully saturated rings. The minimum Gasteiger partial charge on any atom is -0.465 e. The van der Waals surface area contributed by atoms with Crippen molar-refractivity contribution in [1.29, 1.82) is 0 Å². The summed E-state index contributed by atoms with van der Waals surface area (Å²) < 4.78 is 4.73. The van der Waals surface area contributed by atoms with E-state index in [0.717, 1.165) is 5.56 Å². The van der Waals surface area contributed by atoms with Crippen LogP contribution in [0.4, 0.5) is 0 Å². The van der Waals surface area contributed by atoms with E-state index in [-0.39, 0.29) is 11.6 Å². The number of rotatable bonds is 5. The molecule has 0 saturated heterocycles. The maximum atomic E-state index is 12.4. The second kappa shape index (κ2) is 7.90. The van der Waals surface area contributed by atoms with Gasteiger partial charge < -0.3 is 9.72 Å². The molecule has 1 aromatic heterocycles. The van der Waals surface area contributed by atoms with E-state index in [0.29, 0.717) is 33.9 Å². The fraction of sp³-hybridized carbons (Fsp3) is 0.250. The van der Waals surface area contributed by atoms with Gasteiger partial charge in [-0.05, 0) is 49.9 Å². The van der Waals surface area contributed by atoms with Crippen molar-refractivity contribution in [3.63, 3.8) is 0 Å². The number of H-pyrrole nitrogens is 1. The van der Waals surface area contributed by atoms with Crippen LogP contribution < -0.4 is 5.56 Å². The Balaban J connectivity index is 1.88. The van der Waals surface area contributed by atoms with Gasteiger partial charge in [0.05, 0.1) is 30.1 Å². The first-order valence-corrected chi connectivity index (χ1v) is 8.84. The Morgan fingerprint density at radius 2 is 1.96 bits per heavy atom. The molecular formula is C20H20ClN3O3. The summed E-state index contributed by atoms with van der Waals surface area (Å²) in [6.07, 6.45) is 0. The zero-order chi connectivity index (χ0) is 19.6. The molecule has 1 heterocycles. The number of hydrogen-bond donors (Lipinski definition) is 1. The van der Waals surface area contributed by atoms with Crippen molar-refractivity contribution in [3.05, 3.63) is 74.8 Å². The molecule has 0 aliphatic heterocycles. The van der Waals surface area contributed by atoms with E-state index in [2.05, 4.69) is 21.8 Å². The van der Waals surface area contributed by atoms with Crippen LogP contribution in [0.15, 0.2) is 47.3 Å². The predicted octanol–water partition coefficient (Wildman–Crippen LogP) is 3.56. The van der Waals surface area contributed by atoms with Crippen molar-refractivity contribution in [2.45, 2.75) is 19.5 Å². The van der Waals surface area contributed by atoms with Gasteiger partial charge in [-0.15, -0.1) is 0 Å². The summed E-state index contributed by atoms with van der Waals surface area (Å²) in [6.45, 7) is 2.51. The summed E-state index contributed by atoms with van der Waals surface area (Å²) in [6, 6.07) is 12.5. The normalized spacial score (nSPS) is 12.3. The highest BCUT2D eigenvalue weighted by atomic mass is 35.5. The molecule has 3 rings (SSSR count). The number of aromatic amines is 1. The molecule has 27 heavy (non-hydrogen) atoms. The molecular weight excluding hydrogens is 366 g/mol. The predicted molar refractivity (Wildman–Crippen MR) is 105 cm³/mol. The summed E-state index contributed by atoms with van der Waals surface area (Å²) in [5.74, 6) is 0.0619. The highest BCUT2D eigenvalue weighted by Gasteiger charge is 2.15. The Hall–Kier alpha value is -2.70. The number of aromatic nitrogens is 2. The second-order valence-corrected chi connectivity index (χ2v) is 6.82. The smallest absolute Gasteiger partial charge is 0.337 e. The first-order valence-electron chi connectivity index (χ1n) is 8.46. The van der Waals surface area contributed by atoms with Gasteiger partial charge in [0.1, 0.15) is 5.82 Å². The lowest BCUT2D eigenvalue weighted by molar-refractivity contribution is 0.0601. The quantitative estimate of drug-likeness (QED) is 0.680. The molecule has 0 bridgehead atoms. The van der Waals surface area contributed by atoms with E-state index in [4.69, 9.17) is 16.3 Å². The minimum absolute atomic E-state index is 0.102. The van der Waals surface area contributed by atoms with Gasteiger partial charge in [0, 0.05) is 11.1 Å². The number of ether oxygens (including phenoxy) is 1. The van der Waals surface area contributed by atoms with Gasteiger partial charge in [-0.3, -0.25) is 9.69 Å². The molecule has 0 unspecified atom stereocenters. The average Bonchev–Trinajstić information content (AvgIpc) is 2.66. The Morgan fingerprint density at radius 1 is 1.26 bits per heavy atom. The van der Waals surface area contributed by atoms with Crippen LogP contribution in [0.2, 0.25) is 5.02 Å². The molecule has 2 aromatic carbocycles. The number of nitrogens with one attached hydrogen (secondary N) is 1. The largest absolute Gasteiger partial charge is 0.465 e. The average molecular weight is 386 g/mol. The van der Waals surface area contributed by atoms with Crippen molar-refractivity contribution in [1.82, 2.24) is 14.9 Å². The standard InChI is InChI=1S/C20H20ClN3O3/c1-12(13-4-7-15(21)8-5-13)24(2)11-18-22-17-10-14(20(26)27-3)6-9-16(17)19(25)23-18/h4-10,12H,11H2,1-3H3,(H,22,23,25)/t12-/m0/s1. The zero-order valence-corrected chi connectivity index (χ0v) is 16.1. The third-order valence-electron chi connectivity index (χ3n) is 4.59. The zero-order valence-electron chi connectivity index (χ0n) is 15.3. The summed E-state index contributed by atoms with van der Waals surface area (Å²) in [7, 11) is 3.27. The Bertz CT molecular complexity index is 1030. The third kappa shape index (κ3) is 4.18. The molecule has 1 N–H and O–H groups in total. The molecule has 0 spiro atoms. The molecule has 0 amide bonds. The Labute approximate surface area is 161 Å². The van der Waals surface area contributed by atoms with Gasteiger partial charge in [-0.2, -0.15) is 0 Å². The molecule has 1 atom stereocenters. The van der Waals surface area contributed by atoms with Crippen molar-refractivity contribution in [2.75, 3.05) is 14.2 Å². The number of carbonyl (C=O) groups excluding carboxylic acids is 1. The van der Waals surface area contributed by atoms with Crippen LogP contribution in [0.25, 0.3) is 10.9 Å². The fourth-order valence-electron chi connectivity index (χ4n) is 2.88. The van der Waals surface area contributed by atoms with Gasteiger partial charge >= 0.3 is 5.97 Å². The maximum Gasteiger partial charge on any atom is 0.337 e. The van der Waals surface area contributed by atoms with Gasteiger partial charge in [-0.1, -0.05) is 23.7 Å². The topological polar surface area (TPSA) is 75.3 Å². The summed E-state index contributed by atoms with van der Waals surface area (Å²) >= 11 is 5.95. The molecule has 140 valence electrons. The monoisotopic (exact) mass is 385 g/mol. The van der Waals surface area contributed by atoms with Crippen LogP contribution in [0.5, 0.6) is 0 Å². The third-order valence-corrected chi connectivity index (χ3v) is 4.84. The van der Waals surface area contributed by atoms with E-state index in [1.54, 1.807) is 18.2 Å². The second-order valence-electron chi connectivity index (χ2n) is 6.38. The number of methoxy groups -OCH3 is 1. The Kier molecular flexibility index (Phi) is 5.58. The first-order chi connectivity index (χ1) is 12.9. The van der Waals surface area contributed by atoms with Crippen LogP contribution in [0.3, 0.4) is 0 Å². The number of carbonyl (C=O) groups is 1. The molecule has 0 saturated carbocycles. The lowest BCUT2D eigenvalue weighted by atomic mass is 10.1. The minimum atomic E-state index is -0.464. The number of halogens is 1. The maximum absolute atomic E-state index is 12.4. The first kappa shape index (κ1) is 19.1. The van der Waals surface area contributed by atoms with E-state index in [1.807, 2.05) is 31.3 Å². The van der Waals surface area contributed by atoms with Crippen molar-refractivity contribution in [2.24, 2.45) is 0 Å². The number of benzene rings is 2. The summed E-state index contributed by atoms with van der Waals surface area (Å²) in [4.78, 5) is 33.5. The van der Waals surface area contributed by atoms with Gasteiger partial charge in [0.25, 0.3) is 5.56 Å². The molecule has 3 aromatic rings. The van der Waals surface area contributed by atoms with Crippen molar-refractivity contribution < 1.29 is 9.53 Å². The lowest BCUT2D eigenvalue weighted by Gasteiger charge is -2.24. The molecule has 0 aliphatic rings. The summed E-state index contributed by atoms with van der Waals surface area (Å²) in [5, 5.41) is 1.12. The Morgan fingerprint density at radius 3 is 2.63 bits per heavy atom. The molecule has 6 nitrogen and oxygen atoms in total. The van der Waals surface area contributed by atoms with E-state index < -0.39 is 5.97 Å². The van der Waals surface area contributed by atoms with Gasteiger partial charge in [0.15, 0.2) is 0 Å². The van der Waals surface area contributed by atoms with Crippen LogP contribution in [-0.4, -0.2) is 35.0 Å². The van der Waals surface area contributed by atoms with Crippen LogP contribution in [-0.2, 0) is 11.3 Å². The van der Waals surface area contributed by atoms with Crippen LogP contribution >= 0.6 is 11.6 Å². The molecule has 0 aliphatic carbocycles. The molecule has 0 radical (unpaired) electrons. The van der Waals surface area contributed by atoms with E-state index in [9.17, 15) is 9.59 Å². The fourth-order valence-corrected chi connectivity index (χ4v) is 3.00. The number of nitrogens with zero attached hydrogens (tertiary/aromatic N) is 2. The number of esters is 1. The number of hydrogen-bond acceptors (Lipinski definition) is 5. The SMILES string of the molecule is COC(=O)c1ccc2c(=O)[nH]c(CN(C)[C@@H](C)c3ccc(Cl)cc3)nc2c1. The highest BCUT2D eigenvalue weighted by molar-refractivity contribution is 6.30. The summed E-state index contributed by atoms with van der Waals surface area (Å²) in [5.41, 5.74) is 1.69. The van der Waals surface area contributed by atoms with E-state index in [1.165, 1.54) is 7.11 Å². The van der Waals surface area contributed by atoms with Crippen molar-refractivity contribution in [3.8, 4) is 0 Å². The van der Waals surface area contributed by atoms with Crippen molar-refractivity contribution >= 4 is 28.5 Å². The van der Waals surface area contributed by atoms with Gasteiger partial charge in [-0.25, -0.2) is 9.78 Å². The number of fused-ring (bicyclic) bond motifs is 1. The lowest BCUT2D eigenvalue weighted by Crippen LogP contribution is -2.25. The molecule has 7 heteroatoms. The van der Waals surface area contributed by atoms with E-state index >= 15 is 0 Å². The highest BCUT2D eigenvalue weighted by Crippen LogP contribution is 2.22. The van der Waals surface area contributed by atoms with Crippen LogP contribution in [0.1, 0.15) is 34.7 Å². The van der Waals surface area contributed by atoms with Gasteiger partial charge in [0.2, 0.25) is 0 Å².